The fraction of sp³-hybridized carbons (Fsp3) is 0.364. The van der Waals surface area contributed by atoms with Crippen LogP contribution in [0.1, 0.15) is 24.8 Å². The molecule has 2 atom stereocenters. The van der Waals surface area contributed by atoms with Gasteiger partial charge in [-0.15, -0.1) is 0 Å². The quantitative estimate of drug-likeness (QED) is 0.737. The van der Waals surface area contributed by atoms with Crippen LogP contribution in [0, 0.1) is 0 Å². The summed E-state index contributed by atoms with van der Waals surface area (Å²) in [6.07, 6.45) is 0.328. The SMILES string of the molecule is CC1CC(C(=O)O)c2cc(O)ccc2O1. The van der Waals surface area contributed by atoms with E-state index in [0.29, 0.717) is 17.7 Å². The van der Waals surface area contributed by atoms with Gasteiger partial charge in [-0.2, -0.15) is 0 Å². The molecule has 0 aliphatic carbocycles. The number of aromatic hydroxyl groups is 1. The third-order valence-electron chi connectivity index (χ3n) is 2.56. The van der Waals surface area contributed by atoms with Crippen LogP contribution in [0.4, 0.5) is 0 Å². The Hall–Kier alpha value is -1.71. The molecule has 2 rings (SSSR count). The van der Waals surface area contributed by atoms with E-state index in [9.17, 15) is 9.90 Å². The molecule has 0 saturated heterocycles. The van der Waals surface area contributed by atoms with Gasteiger partial charge in [0.15, 0.2) is 0 Å². The molecular weight excluding hydrogens is 196 g/mol. The minimum Gasteiger partial charge on any atom is -0.508 e. The van der Waals surface area contributed by atoms with Crippen molar-refractivity contribution in [1.29, 1.82) is 0 Å². The lowest BCUT2D eigenvalue weighted by molar-refractivity contribution is -0.139. The van der Waals surface area contributed by atoms with E-state index in [1.807, 2.05) is 6.92 Å². The van der Waals surface area contributed by atoms with E-state index in [0.717, 1.165) is 0 Å². The van der Waals surface area contributed by atoms with Crippen molar-refractivity contribution in [3.63, 3.8) is 0 Å². The Labute approximate surface area is 87.1 Å². The molecule has 1 heterocycles. The van der Waals surface area contributed by atoms with Crippen LogP contribution in [0.3, 0.4) is 0 Å². The second kappa shape index (κ2) is 3.46. The van der Waals surface area contributed by atoms with Crippen LogP contribution in [-0.2, 0) is 4.79 Å². The Balaban J connectivity index is 2.47. The number of fused-ring (bicyclic) bond motifs is 1. The molecule has 2 N–H and O–H groups in total. The van der Waals surface area contributed by atoms with Crippen molar-refractivity contribution >= 4 is 5.97 Å². The lowest BCUT2D eigenvalue weighted by atomic mass is 9.90. The predicted molar refractivity (Wildman–Crippen MR) is 53.2 cm³/mol. The number of ether oxygens (including phenoxy) is 1. The highest BCUT2D eigenvalue weighted by Gasteiger charge is 2.31. The van der Waals surface area contributed by atoms with Crippen molar-refractivity contribution in [3.8, 4) is 11.5 Å². The summed E-state index contributed by atoms with van der Waals surface area (Å²) in [5.41, 5.74) is 0.556. The molecule has 1 aliphatic heterocycles. The molecule has 1 aromatic rings. The highest BCUT2D eigenvalue weighted by atomic mass is 16.5. The molecule has 0 aromatic heterocycles. The van der Waals surface area contributed by atoms with E-state index in [1.165, 1.54) is 12.1 Å². The Morgan fingerprint density at radius 2 is 2.27 bits per heavy atom. The lowest BCUT2D eigenvalue weighted by Gasteiger charge is -2.28. The number of hydrogen-bond donors (Lipinski definition) is 2. The summed E-state index contributed by atoms with van der Waals surface area (Å²) in [4.78, 5) is 11.0. The van der Waals surface area contributed by atoms with Crippen molar-refractivity contribution in [1.82, 2.24) is 0 Å². The molecule has 0 spiro atoms. The Morgan fingerprint density at radius 3 is 2.93 bits per heavy atom. The van der Waals surface area contributed by atoms with Crippen LogP contribution in [0.2, 0.25) is 0 Å². The molecule has 0 saturated carbocycles. The number of aliphatic carboxylic acids is 1. The van der Waals surface area contributed by atoms with Gasteiger partial charge in [-0.1, -0.05) is 0 Å². The minimum atomic E-state index is -0.878. The molecular formula is C11H12O4. The topological polar surface area (TPSA) is 66.8 Å². The smallest absolute Gasteiger partial charge is 0.311 e. The maximum Gasteiger partial charge on any atom is 0.311 e. The second-order valence-corrected chi connectivity index (χ2v) is 3.78. The van der Waals surface area contributed by atoms with Gasteiger partial charge in [0.25, 0.3) is 0 Å². The predicted octanol–water partition coefficient (Wildman–Crippen LogP) is 1.73. The van der Waals surface area contributed by atoms with Crippen LogP contribution in [0.15, 0.2) is 18.2 Å². The molecule has 80 valence electrons. The van der Waals surface area contributed by atoms with Crippen LogP contribution in [-0.4, -0.2) is 22.3 Å². The van der Waals surface area contributed by atoms with Gasteiger partial charge in [-0.25, -0.2) is 0 Å². The van der Waals surface area contributed by atoms with Crippen molar-refractivity contribution < 1.29 is 19.7 Å². The normalized spacial score (nSPS) is 24.1. The van der Waals surface area contributed by atoms with E-state index in [-0.39, 0.29) is 11.9 Å². The number of hydrogen-bond acceptors (Lipinski definition) is 3. The first-order chi connectivity index (χ1) is 7.08. The van der Waals surface area contributed by atoms with E-state index in [1.54, 1.807) is 6.07 Å². The zero-order valence-corrected chi connectivity index (χ0v) is 8.30. The maximum absolute atomic E-state index is 11.0. The lowest BCUT2D eigenvalue weighted by Crippen LogP contribution is -2.27. The molecule has 0 radical (unpaired) electrons. The molecule has 0 amide bonds. The summed E-state index contributed by atoms with van der Waals surface area (Å²) in [6.45, 7) is 1.84. The van der Waals surface area contributed by atoms with Crippen LogP contribution >= 0.6 is 0 Å². The third kappa shape index (κ3) is 1.75. The summed E-state index contributed by atoms with van der Waals surface area (Å²) in [5.74, 6) is -0.843. The number of phenolic OH excluding ortho intramolecular Hbond substituents is 1. The average Bonchev–Trinajstić information content (AvgIpc) is 2.17. The molecule has 1 aliphatic rings. The summed E-state index contributed by atoms with van der Waals surface area (Å²) >= 11 is 0. The maximum atomic E-state index is 11.0. The van der Waals surface area contributed by atoms with Gasteiger partial charge in [-0.05, 0) is 25.1 Å². The zero-order valence-electron chi connectivity index (χ0n) is 8.30. The first-order valence-corrected chi connectivity index (χ1v) is 4.80. The first kappa shape index (κ1) is 9.83. The van der Waals surface area contributed by atoms with Gasteiger partial charge < -0.3 is 14.9 Å². The number of phenols is 1. The van der Waals surface area contributed by atoms with Gasteiger partial charge in [0, 0.05) is 12.0 Å². The molecule has 0 bridgehead atoms. The number of rotatable bonds is 1. The van der Waals surface area contributed by atoms with Crippen LogP contribution in [0.5, 0.6) is 11.5 Å². The Kier molecular flexibility index (Phi) is 2.26. The summed E-state index contributed by atoms with van der Waals surface area (Å²) in [5, 5.41) is 18.4. The Bertz CT molecular complexity index is 400. The van der Waals surface area contributed by atoms with Crippen molar-refractivity contribution in [2.24, 2.45) is 0 Å². The monoisotopic (exact) mass is 208 g/mol. The van der Waals surface area contributed by atoms with Gasteiger partial charge in [0.05, 0.1) is 12.0 Å². The summed E-state index contributed by atoms with van der Waals surface area (Å²) in [6, 6.07) is 4.56. The van der Waals surface area contributed by atoms with E-state index in [2.05, 4.69) is 0 Å². The number of carbonyl (C=O) groups is 1. The third-order valence-corrected chi connectivity index (χ3v) is 2.56. The Morgan fingerprint density at radius 1 is 1.53 bits per heavy atom. The van der Waals surface area contributed by atoms with Crippen LogP contribution in [0.25, 0.3) is 0 Å². The van der Waals surface area contributed by atoms with Gasteiger partial charge in [0.2, 0.25) is 0 Å². The highest BCUT2D eigenvalue weighted by molar-refractivity contribution is 5.78. The molecule has 4 nitrogen and oxygen atoms in total. The van der Waals surface area contributed by atoms with E-state index in [4.69, 9.17) is 9.84 Å². The van der Waals surface area contributed by atoms with Gasteiger partial charge >= 0.3 is 5.97 Å². The molecule has 1 aromatic carbocycles. The number of carboxylic acid groups (broad SMARTS) is 1. The largest absolute Gasteiger partial charge is 0.508 e. The van der Waals surface area contributed by atoms with E-state index < -0.39 is 11.9 Å². The van der Waals surface area contributed by atoms with E-state index >= 15 is 0 Å². The van der Waals surface area contributed by atoms with Crippen LogP contribution < -0.4 is 4.74 Å². The average molecular weight is 208 g/mol. The van der Waals surface area contributed by atoms with Crippen molar-refractivity contribution in [3.05, 3.63) is 23.8 Å². The molecule has 4 heteroatoms. The molecule has 15 heavy (non-hydrogen) atoms. The van der Waals surface area contributed by atoms with Gasteiger partial charge in [-0.3, -0.25) is 4.79 Å². The van der Waals surface area contributed by atoms with Crippen molar-refractivity contribution in [2.75, 3.05) is 0 Å². The standard InChI is InChI=1S/C11H12O4/c1-6-4-9(11(13)14)8-5-7(12)2-3-10(8)15-6/h2-3,5-6,9,12H,4H2,1H3,(H,13,14). The van der Waals surface area contributed by atoms with Crippen molar-refractivity contribution in [2.45, 2.75) is 25.4 Å². The fourth-order valence-corrected chi connectivity index (χ4v) is 1.87. The molecule has 2 unspecified atom stereocenters. The zero-order chi connectivity index (χ0) is 11.0. The van der Waals surface area contributed by atoms with Gasteiger partial charge in [0.1, 0.15) is 11.5 Å². The second-order valence-electron chi connectivity index (χ2n) is 3.78. The first-order valence-electron chi connectivity index (χ1n) is 4.80. The number of benzene rings is 1. The summed E-state index contributed by atoms with van der Waals surface area (Å²) < 4.78 is 5.49. The fourth-order valence-electron chi connectivity index (χ4n) is 1.87. The summed E-state index contributed by atoms with van der Waals surface area (Å²) in [7, 11) is 0. The number of carboxylic acids is 1. The highest BCUT2D eigenvalue weighted by Crippen LogP contribution is 2.38. The molecule has 0 fully saturated rings. The minimum absolute atomic E-state index is 0.0677.